The summed E-state index contributed by atoms with van der Waals surface area (Å²) in [4.78, 5) is 11.4. The number of fused-ring (bicyclic) bond motifs is 1. The number of halogens is 1. The molecule has 2 aromatic heterocycles. The number of nitrogens with zero attached hydrogens (tertiary/aromatic N) is 1. The molecule has 14 heavy (non-hydrogen) atoms. The first kappa shape index (κ1) is 9.55. The molecular weight excluding hydrogens is 220 g/mol. The molecule has 0 atom stereocenters. The number of carbonyl (C=O) groups is 1. The number of carbonyl (C=O) groups excluding carboxylic acids is 1. The number of aromatic nitrogens is 1. The molecule has 1 N–H and O–H groups in total. The Hall–Kier alpha value is -1.00. The van der Waals surface area contributed by atoms with Crippen LogP contribution in [0, 0.1) is 0 Å². The maximum Gasteiger partial charge on any atom is 0.267 e. The predicted molar refractivity (Wildman–Crippen MR) is 59.2 cm³/mol. The zero-order chi connectivity index (χ0) is 10.3. The number of hydrogen-bond donors (Lipinski definition) is 1. The molecule has 0 aliphatic carbocycles. The van der Waals surface area contributed by atoms with E-state index in [0.29, 0.717) is 5.69 Å². The molecule has 2 heterocycles. The van der Waals surface area contributed by atoms with Gasteiger partial charge in [0.15, 0.2) is 0 Å². The van der Waals surface area contributed by atoms with E-state index in [2.05, 4.69) is 5.32 Å². The second-order valence-electron chi connectivity index (χ2n) is 2.97. The van der Waals surface area contributed by atoms with Gasteiger partial charge in [0.25, 0.3) is 5.91 Å². The van der Waals surface area contributed by atoms with E-state index < -0.39 is 0 Å². The molecule has 0 aliphatic rings. The van der Waals surface area contributed by atoms with Crippen LogP contribution in [-0.4, -0.2) is 17.5 Å². The summed E-state index contributed by atoms with van der Waals surface area (Å²) in [5.41, 5.74) is 1.66. The summed E-state index contributed by atoms with van der Waals surface area (Å²) in [6, 6.07) is 3.72. The standard InChI is InChI=1S/C9H9ClN2OS/c1-11-9(13)6-3-7-5(12(6)2)4-8(10)14-7/h3-4H,1-2H3,(H,11,13). The Morgan fingerprint density at radius 3 is 2.86 bits per heavy atom. The van der Waals surface area contributed by atoms with Crippen LogP contribution in [0.1, 0.15) is 10.5 Å². The largest absolute Gasteiger partial charge is 0.354 e. The minimum Gasteiger partial charge on any atom is -0.354 e. The second-order valence-corrected chi connectivity index (χ2v) is 4.68. The van der Waals surface area contributed by atoms with E-state index >= 15 is 0 Å². The van der Waals surface area contributed by atoms with Crippen molar-refractivity contribution in [2.45, 2.75) is 0 Å². The van der Waals surface area contributed by atoms with Crippen LogP contribution in [0.3, 0.4) is 0 Å². The molecule has 5 heteroatoms. The number of aryl methyl sites for hydroxylation is 1. The van der Waals surface area contributed by atoms with Gasteiger partial charge in [0.2, 0.25) is 0 Å². The van der Waals surface area contributed by atoms with Crippen molar-refractivity contribution in [3.63, 3.8) is 0 Å². The van der Waals surface area contributed by atoms with Gasteiger partial charge in [-0.15, -0.1) is 11.3 Å². The third kappa shape index (κ3) is 1.31. The van der Waals surface area contributed by atoms with Gasteiger partial charge >= 0.3 is 0 Å². The van der Waals surface area contributed by atoms with Crippen molar-refractivity contribution < 1.29 is 4.79 Å². The van der Waals surface area contributed by atoms with Crippen molar-refractivity contribution in [2.75, 3.05) is 7.05 Å². The lowest BCUT2D eigenvalue weighted by Gasteiger charge is -2.00. The number of rotatable bonds is 1. The Morgan fingerprint density at radius 2 is 2.29 bits per heavy atom. The van der Waals surface area contributed by atoms with Gasteiger partial charge in [-0.05, 0) is 12.1 Å². The highest BCUT2D eigenvalue weighted by Crippen LogP contribution is 2.31. The average Bonchev–Trinajstić information content (AvgIpc) is 2.64. The summed E-state index contributed by atoms with van der Waals surface area (Å²) in [5, 5.41) is 2.60. The summed E-state index contributed by atoms with van der Waals surface area (Å²) in [5.74, 6) is -0.0768. The minimum atomic E-state index is -0.0768. The van der Waals surface area contributed by atoms with E-state index in [1.165, 1.54) is 11.3 Å². The molecular formula is C9H9ClN2OS. The molecule has 0 bridgehead atoms. The number of nitrogens with one attached hydrogen (secondary N) is 1. The molecule has 0 saturated carbocycles. The summed E-state index contributed by atoms with van der Waals surface area (Å²) < 4.78 is 3.63. The summed E-state index contributed by atoms with van der Waals surface area (Å²) in [6.07, 6.45) is 0. The molecule has 2 aromatic rings. The van der Waals surface area contributed by atoms with E-state index in [1.807, 2.05) is 23.7 Å². The highest BCUT2D eigenvalue weighted by molar-refractivity contribution is 7.22. The smallest absolute Gasteiger partial charge is 0.267 e. The van der Waals surface area contributed by atoms with Crippen LogP contribution in [0.15, 0.2) is 12.1 Å². The van der Waals surface area contributed by atoms with Crippen molar-refractivity contribution in [1.29, 1.82) is 0 Å². The molecule has 0 saturated heterocycles. The molecule has 0 unspecified atom stereocenters. The fourth-order valence-corrected chi connectivity index (χ4v) is 2.63. The van der Waals surface area contributed by atoms with Crippen LogP contribution in [0.5, 0.6) is 0 Å². The van der Waals surface area contributed by atoms with E-state index in [4.69, 9.17) is 11.6 Å². The van der Waals surface area contributed by atoms with E-state index in [1.54, 1.807) is 7.05 Å². The fourth-order valence-electron chi connectivity index (χ4n) is 1.43. The third-order valence-corrected chi connectivity index (χ3v) is 3.36. The molecule has 0 radical (unpaired) electrons. The van der Waals surface area contributed by atoms with E-state index in [9.17, 15) is 4.79 Å². The molecule has 0 aliphatic heterocycles. The van der Waals surface area contributed by atoms with E-state index in [-0.39, 0.29) is 5.91 Å². The Bertz CT molecular complexity index is 500. The van der Waals surface area contributed by atoms with Gasteiger partial charge in [-0.25, -0.2) is 0 Å². The lowest BCUT2D eigenvalue weighted by molar-refractivity contribution is 0.0955. The first-order chi connectivity index (χ1) is 6.63. The van der Waals surface area contributed by atoms with Gasteiger partial charge in [0.1, 0.15) is 5.69 Å². The summed E-state index contributed by atoms with van der Waals surface area (Å²) >= 11 is 7.35. The third-order valence-electron chi connectivity index (χ3n) is 2.16. The molecule has 74 valence electrons. The van der Waals surface area contributed by atoms with Crippen LogP contribution in [0.25, 0.3) is 10.2 Å². The zero-order valence-corrected chi connectivity index (χ0v) is 9.37. The van der Waals surface area contributed by atoms with Crippen LogP contribution in [0.4, 0.5) is 0 Å². The van der Waals surface area contributed by atoms with Gasteiger partial charge in [-0.3, -0.25) is 4.79 Å². The number of thiophene rings is 1. The van der Waals surface area contributed by atoms with Crippen LogP contribution >= 0.6 is 22.9 Å². The monoisotopic (exact) mass is 228 g/mol. The fraction of sp³-hybridized carbons (Fsp3) is 0.222. The molecule has 1 amide bonds. The Balaban J connectivity index is 2.64. The molecule has 3 nitrogen and oxygen atoms in total. The van der Waals surface area contributed by atoms with Gasteiger partial charge in [-0.1, -0.05) is 11.6 Å². The van der Waals surface area contributed by atoms with Crippen molar-refractivity contribution in [3.8, 4) is 0 Å². The van der Waals surface area contributed by atoms with Crippen molar-refractivity contribution in [1.82, 2.24) is 9.88 Å². The van der Waals surface area contributed by atoms with Crippen molar-refractivity contribution >= 4 is 39.1 Å². The normalized spacial score (nSPS) is 10.8. The first-order valence-corrected chi connectivity index (χ1v) is 5.29. The van der Waals surface area contributed by atoms with Gasteiger partial charge in [0.05, 0.1) is 14.6 Å². The highest BCUT2D eigenvalue weighted by atomic mass is 35.5. The Labute approximate surface area is 90.3 Å². The number of hydrogen-bond acceptors (Lipinski definition) is 2. The minimum absolute atomic E-state index is 0.0768. The lowest BCUT2D eigenvalue weighted by Crippen LogP contribution is -2.20. The summed E-state index contributed by atoms with van der Waals surface area (Å²) in [7, 11) is 3.48. The maximum absolute atomic E-state index is 11.4. The predicted octanol–water partition coefficient (Wildman–Crippen LogP) is 2.25. The molecule has 2 rings (SSSR count). The Morgan fingerprint density at radius 1 is 1.57 bits per heavy atom. The van der Waals surface area contributed by atoms with Crippen LogP contribution in [0.2, 0.25) is 4.34 Å². The van der Waals surface area contributed by atoms with Gasteiger partial charge in [-0.2, -0.15) is 0 Å². The van der Waals surface area contributed by atoms with E-state index in [0.717, 1.165) is 14.6 Å². The average molecular weight is 229 g/mol. The number of amides is 1. The lowest BCUT2D eigenvalue weighted by atomic mass is 10.4. The first-order valence-electron chi connectivity index (χ1n) is 4.10. The van der Waals surface area contributed by atoms with Crippen molar-refractivity contribution in [2.24, 2.45) is 7.05 Å². The quantitative estimate of drug-likeness (QED) is 0.798. The topological polar surface area (TPSA) is 34.0 Å². The SMILES string of the molecule is CNC(=O)c1cc2sc(Cl)cc2n1C. The van der Waals surface area contributed by atoms with Crippen LogP contribution < -0.4 is 5.32 Å². The zero-order valence-electron chi connectivity index (χ0n) is 7.80. The summed E-state index contributed by atoms with van der Waals surface area (Å²) in [6.45, 7) is 0. The molecule has 0 fully saturated rings. The van der Waals surface area contributed by atoms with Crippen molar-refractivity contribution in [3.05, 3.63) is 22.2 Å². The second kappa shape index (κ2) is 3.29. The highest BCUT2D eigenvalue weighted by Gasteiger charge is 2.13. The molecule has 0 aromatic carbocycles. The van der Waals surface area contributed by atoms with Gasteiger partial charge < -0.3 is 9.88 Å². The maximum atomic E-state index is 11.4. The van der Waals surface area contributed by atoms with Gasteiger partial charge in [0, 0.05) is 14.1 Å². The molecule has 0 spiro atoms. The van der Waals surface area contributed by atoms with Crippen LogP contribution in [-0.2, 0) is 7.05 Å². The Kier molecular flexibility index (Phi) is 2.25.